The van der Waals surface area contributed by atoms with Crippen molar-refractivity contribution in [3.63, 3.8) is 0 Å². The maximum Gasteiger partial charge on any atom is 0.251 e. The zero-order valence-electron chi connectivity index (χ0n) is 12.9. The molecule has 0 aromatic heterocycles. The molecule has 1 aromatic carbocycles. The number of ether oxygens (including phenoxy) is 1. The number of hydrogen-bond donors (Lipinski definition) is 2. The number of amides is 1. The van der Waals surface area contributed by atoms with Crippen LogP contribution in [0.15, 0.2) is 18.2 Å². The molecule has 0 aliphatic carbocycles. The Balaban J connectivity index is 2.46. The SMILES string of the molecule is COCCCCCNC(=O)c1ccc(C#CCN)c(C)c1. The first-order valence-corrected chi connectivity index (χ1v) is 7.25. The Morgan fingerprint density at radius 2 is 2.14 bits per heavy atom. The summed E-state index contributed by atoms with van der Waals surface area (Å²) in [5.74, 6) is 5.77. The van der Waals surface area contributed by atoms with E-state index in [1.807, 2.05) is 19.1 Å². The fourth-order valence-electron chi connectivity index (χ4n) is 1.94. The molecule has 0 fully saturated rings. The normalized spacial score (nSPS) is 9.86. The summed E-state index contributed by atoms with van der Waals surface area (Å²) in [6.07, 6.45) is 3.05. The maximum atomic E-state index is 12.0. The lowest BCUT2D eigenvalue weighted by Gasteiger charge is -2.07. The van der Waals surface area contributed by atoms with Gasteiger partial charge in [-0.3, -0.25) is 4.79 Å². The molecule has 0 heterocycles. The van der Waals surface area contributed by atoms with Crippen molar-refractivity contribution in [1.82, 2.24) is 5.32 Å². The van der Waals surface area contributed by atoms with Crippen molar-refractivity contribution in [2.24, 2.45) is 5.73 Å². The first-order chi connectivity index (χ1) is 10.2. The number of rotatable bonds is 7. The summed E-state index contributed by atoms with van der Waals surface area (Å²) >= 11 is 0. The molecule has 0 saturated heterocycles. The van der Waals surface area contributed by atoms with Crippen molar-refractivity contribution < 1.29 is 9.53 Å². The van der Waals surface area contributed by atoms with E-state index in [0.29, 0.717) is 18.7 Å². The molecule has 4 heteroatoms. The summed E-state index contributed by atoms with van der Waals surface area (Å²) in [5.41, 5.74) is 7.93. The van der Waals surface area contributed by atoms with Crippen LogP contribution in [-0.2, 0) is 4.74 Å². The second-order valence-corrected chi connectivity index (χ2v) is 4.84. The molecule has 0 spiro atoms. The molecule has 1 aromatic rings. The quantitative estimate of drug-likeness (QED) is 0.594. The molecule has 0 bridgehead atoms. The van der Waals surface area contributed by atoms with E-state index in [1.54, 1.807) is 13.2 Å². The molecule has 3 N–H and O–H groups in total. The summed E-state index contributed by atoms with van der Waals surface area (Å²) < 4.78 is 4.98. The third kappa shape index (κ3) is 6.44. The lowest BCUT2D eigenvalue weighted by atomic mass is 10.0. The molecular formula is C17H24N2O2. The van der Waals surface area contributed by atoms with E-state index in [-0.39, 0.29) is 5.91 Å². The molecule has 0 atom stereocenters. The van der Waals surface area contributed by atoms with E-state index in [2.05, 4.69) is 17.2 Å². The number of nitrogens with one attached hydrogen (secondary N) is 1. The highest BCUT2D eigenvalue weighted by atomic mass is 16.5. The number of carbonyl (C=O) groups is 1. The van der Waals surface area contributed by atoms with Gasteiger partial charge in [-0.05, 0) is 49.9 Å². The molecule has 0 saturated carbocycles. The van der Waals surface area contributed by atoms with Crippen molar-refractivity contribution in [2.45, 2.75) is 26.2 Å². The molecule has 4 nitrogen and oxygen atoms in total. The van der Waals surface area contributed by atoms with Crippen LogP contribution >= 0.6 is 0 Å². The minimum atomic E-state index is -0.0387. The van der Waals surface area contributed by atoms with Crippen molar-refractivity contribution >= 4 is 5.91 Å². The van der Waals surface area contributed by atoms with Crippen LogP contribution in [0, 0.1) is 18.8 Å². The van der Waals surface area contributed by atoms with Crippen LogP contribution in [-0.4, -0.2) is 32.7 Å². The highest BCUT2D eigenvalue weighted by molar-refractivity contribution is 5.94. The van der Waals surface area contributed by atoms with Gasteiger partial charge >= 0.3 is 0 Å². The number of nitrogens with two attached hydrogens (primary N) is 1. The van der Waals surface area contributed by atoms with Gasteiger partial charge in [-0.25, -0.2) is 0 Å². The monoisotopic (exact) mass is 288 g/mol. The van der Waals surface area contributed by atoms with Gasteiger partial charge in [0.1, 0.15) is 0 Å². The van der Waals surface area contributed by atoms with E-state index in [1.165, 1.54) is 0 Å². The minimum absolute atomic E-state index is 0.0387. The van der Waals surface area contributed by atoms with Gasteiger partial charge in [0.05, 0.1) is 6.54 Å². The van der Waals surface area contributed by atoms with Crippen LogP contribution in [0.5, 0.6) is 0 Å². The number of unbranched alkanes of at least 4 members (excludes halogenated alkanes) is 2. The number of carbonyl (C=O) groups excluding carboxylic acids is 1. The largest absolute Gasteiger partial charge is 0.385 e. The molecule has 1 amide bonds. The van der Waals surface area contributed by atoms with Gasteiger partial charge in [-0.2, -0.15) is 0 Å². The summed E-state index contributed by atoms with van der Waals surface area (Å²) in [5, 5.41) is 2.93. The van der Waals surface area contributed by atoms with Gasteiger partial charge in [0, 0.05) is 31.4 Å². The Labute approximate surface area is 127 Å². The number of benzene rings is 1. The summed E-state index contributed by atoms with van der Waals surface area (Å²) in [6, 6.07) is 5.53. The van der Waals surface area contributed by atoms with Crippen molar-refractivity contribution in [3.05, 3.63) is 34.9 Å². The molecular weight excluding hydrogens is 264 g/mol. The van der Waals surface area contributed by atoms with Crippen LogP contribution < -0.4 is 11.1 Å². The summed E-state index contributed by atoms with van der Waals surface area (Å²) in [6.45, 7) is 3.75. The Hall–Kier alpha value is -1.83. The van der Waals surface area contributed by atoms with Crippen LogP contribution in [0.4, 0.5) is 0 Å². The smallest absolute Gasteiger partial charge is 0.251 e. The fraction of sp³-hybridized carbons (Fsp3) is 0.471. The Bertz CT molecular complexity index is 515. The minimum Gasteiger partial charge on any atom is -0.385 e. The highest BCUT2D eigenvalue weighted by Gasteiger charge is 2.06. The summed E-state index contributed by atoms with van der Waals surface area (Å²) in [7, 11) is 1.70. The van der Waals surface area contributed by atoms with Crippen LogP contribution in [0.1, 0.15) is 40.7 Å². The molecule has 0 radical (unpaired) electrons. The summed E-state index contributed by atoms with van der Waals surface area (Å²) in [4.78, 5) is 12.0. The van der Waals surface area contributed by atoms with Gasteiger partial charge in [0.2, 0.25) is 0 Å². The molecule has 0 unspecified atom stereocenters. The number of methoxy groups -OCH3 is 1. The zero-order valence-corrected chi connectivity index (χ0v) is 12.9. The van der Waals surface area contributed by atoms with Crippen molar-refractivity contribution in [3.8, 4) is 11.8 Å². The highest BCUT2D eigenvalue weighted by Crippen LogP contribution is 2.10. The van der Waals surface area contributed by atoms with Crippen LogP contribution in [0.25, 0.3) is 0 Å². The molecule has 0 aliphatic heterocycles. The predicted molar refractivity (Wildman–Crippen MR) is 85.2 cm³/mol. The van der Waals surface area contributed by atoms with Crippen molar-refractivity contribution in [1.29, 1.82) is 0 Å². The average Bonchev–Trinajstić information content (AvgIpc) is 2.49. The molecule has 21 heavy (non-hydrogen) atoms. The first-order valence-electron chi connectivity index (χ1n) is 7.25. The molecule has 0 aliphatic rings. The average molecular weight is 288 g/mol. The second kappa shape index (κ2) is 9.98. The van der Waals surface area contributed by atoms with E-state index in [9.17, 15) is 4.79 Å². The first kappa shape index (κ1) is 17.2. The second-order valence-electron chi connectivity index (χ2n) is 4.84. The number of aryl methyl sites for hydroxylation is 1. The van der Waals surface area contributed by atoms with Crippen molar-refractivity contribution in [2.75, 3.05) is 26.8 Å². The standard InChI is InChI=1S/C17H24N2O2/c1-14-13-16(9-8-15(14)7-6-10-18)17(20)19-11-4-3-5-12-21-2/h8-9,13H,3-5,10-12,18H2,1-2H3,(H,19,20). The third-order valence-electron chi connectivity index (χ3n) is 3.12. The fourth-order valence-corrected chi connectivity index (χ4v) is 1.94. The third-order valence-corrected chi connectivity index (χ3v) is 3.12. The lowest BCUT2D eigenvalue weighted by molar-refractivity contribution is 0.0952. The van der Waals surface area contributed by atoms with Gasteiger partial charge in [-0.15, -0.1) is 0 Å². The zero-order chi connectivity index (χ0) is 15.5. The van der Waals surface area contributed by atoms with Gasteiger partial charge < -0.3 is 15.8 Å². The maximum absolute atomic E-state index is 12.0. The Kier molecular flexibility index (Phi) is 8.18. The predicted octanol–water partition coefficient (Wildman–Crippen LogP) is 1.85. The molecule has 114 valence electrons. The molecule has 1 rings (SSSR count). The topological polar surface area (TPSA) is 64.3 Å². The van der Waals surface area contributed by atoms with Gasteiger partial charge in [-0.1, -0.05) is 11.8 Å². The van der Waals surface area contributed by atoms with E-state index >= 15 is 0 Å². The van der Waals surface area contributed by atoms with E-state index in [0.717, 1.165) is 37.0 Å². The number of hydrogen-bond acceptors (Lipinski definition) is 3. The van der Waals surface area contributed by atoms with E-state index < -0.39 is 0 Å². The van der Waals surface area contributed by atoms with E-state index in [4.69, 9.17) is 10.5 Å². The Morgan fingerprint density at radius 3 is 2.81 bits per heavy atom. The lowest BCUT2D eigenvalue weighted by Crippen LogP contribution is -2.24. The van der Waals surface area contributed by atoms with Crippen LogP contribution in [0.2, 0.25) is 0 Å². The van der Waals surface area contributed by atoms with Gasteiger partial charge in [0.25, 0.3) is 5.91 Å². The van der Waals surface area contributed by atoms with Crippen LogP contribution in [0.3, 0.4) is 0 Å². The Morgan fingerprint density at radius 1 is 1.33 bits per heavy atom. The van der Waals surface area contributed by atoms with Gasteiger partial charge in [0.15, 0.2) is 0 Å².